The fraction of sp³-hybridized carbons (Fsp3) is 0.167. The van der Waals surface area contributed by atoms with Gasteiger partial charge >= 0.3 is 11.2 Å². The van der Waals surface area contributed by atoms with Crippen LogP contribution in [0.25, 0.3) is 0 Å². The van der Waals surface area contributed by atoms with E-state index in [4.69, 9.17) is 14.6 Å². The molecule has 0 aliphatic rings. The van der Waals surface area contributed by atoms with Gasteiger partial charge in [-0.15, -0.1) is 0 Å². The van der Waals surface area contributed by atoms with E-state index < -0.39 is 21.0 Å². The Morgan fingerprint density at radius 1 is 0.972 bits per heavy atom. The maximum Gasteiger partial charge on any atom is 0.354 e. The number of rotatable bonds is 9. The third kappa shape index (κ3) is 6.16. The summed E-state index contributed by atoms with van der Waals surface area (Å²) in [4.78, 5) is 39.1. The number of benzene rings is 2. The zero-order valence-electron chi connectivity index (χ0n) is 19.3. The number of carbonyl (C=O) groups excluding carboxylic acids is 2. The highest BCUT2D eigenvalue weighted by Gasteiger charge is 2.25. The number of carbonyl (C=O) groups is 3. The number of amides is 2. The molecule has 0 saturated heterocycles. The first-order chi connectivity index (χ1) is 17.1. The molecule has 0 bridgehead atoms. The van der Waals surface area contributed by atoms with Crippen molar-refractivity contribution in [2.75, 3.05) is 26.1 Å². The number of anilines is 1. The standard InChI is InChI=1S/C24H23N3O8S/c1-34-17-6-10-21(35-2)19(13-17)22(28)25-12-11-15-3-7-18(8-4-15)36(32,33)24(31)27-16-5-9-20(23(29)30)26-14-16/h3-10,13-14H,11-12H2,1-2H3,(H,25,28)(H,27,31)(H,29,30). The maximum atomic E-state index is 12.6. The van der Waals surface area contributed by atoms with E-state index >= 15 is 0 Å². The van der Waals surface area contributed by atoms with Crippen LogP contribution in [0.15, 0.2) is 65.7 Å². The average Bonchev–Trinajstić information content (AvgIpc) is 2.88. The monoisotopic (exact) mass is 513 g/mol. The third-order valence-corrected chi connectivity index (χ3v) is 6.54. The average molecular weight is 514 g/mol. The van der Waals surface area contributed by atoms with Gasteiger partial charge in [-0.1, -0.05) is 12.1 Å². The predicted octanol–water partition coefficient (Wildman–Crippen LogP) is 2.78. The minimum Gasteiger partial charge on any atom is -0.497 e. The highest BCUT2D eigenvalue weighted by atomic mass is 32.2. The summed E-state index contributed by atoms with van der Waals surface area (Å²) in [6.07, 6.45) is 1.46. The first-order valence-electron chi connectivity index (χ1n) is 10.5. The molecule has 36 heavy (non-hydrogen) atoms. The van der Waals surface area contributed by atoms with E-state index in [2.05, 4.69) is 15.6 Å². The van der Waals surface area contributed by atoms with Gasteiger partial charge in [-0.25, -0.2) is 18.2 Å². The number of nitrogens with zero attached hydrogens (tertiary/aromatic N) is 1. The first-order valence-corrected chi connectivity index (χ1v) is 12.0. The molecular formula is C24H23N3O8S. The van der Waals surface area contributed by atoms with Crippen molar-refractivity contribution >= 4 is 32.6 Å². The highest BCUT2D eigenvalue weighted by Crippen LogP contribution is 2.24. The van der Waals surface area contributed by atoms with Gasteiger partial charge in [0, 0.05) is 6.54 Å². The summed E-state index contributed by atoms with van der Waals surface area (Å²) in [5.41, 5.74) is 0.844. The van der Waals surface area contributed by atoms with Crippen molar-refractivity contribution in [3.63, 3.8) is 0 Å². The molecule has 1 heterocycles. The quantitative estimate of drug-likeness (QED) is 0.391. The lowest BCUT2D eigenvalue weighted by molar-refractivity contribution is 0.0690. The van der Waals surface area contributed by atoms with E-state index in [0.29, 0.717) is 23.5 Å². The largest absolute Gasteiger partial charge is 0.497 e. The number of aromatic nitrogens is 1. The van der Waals surface area contributed by atoms with Gasteiger partial charge in [0.05, 0.1) is 36.6 Å². The molecule has 188 valence electrons. The van der Waals surface area contributed by atoms with Crippen LogP contribution in [0.4, 0.5) is 10.5 Å². The summed E-state index contributed by atoms with van der Waals surface area (Å²) in [6.45, 7) is 0.269. The van der Waals surface area contributed by atoms with Gasteiger partial charge in [0.2, 0.25) is 0 Å². The summed E-state index contributed by atoms with van der Waals surface area (Å²) in [7, 11) is -1.40. The molecule has 0 fully saturated rings. The second kappa shape index (κ2) is 11.3. The van der Waals surface area contributed by atoms with Crippen molar-refractivity contribution in [2.45, 2.75) is 11.3 Å². The molecule has 2 aromatic carbocycles. The summed E-state index contributed by atoms with van der Waals surface area (Å²) < 4.78 is 35.5. The molecule has 0 unspecified atom stereocenters. The normalized spacial score (nSPS) is 10.8. The second-order valence-electron chi connectivity index (χ2n) is 7.37. The Bertz CT molecular complexity index is 1370. The first kappa shape index (κ1) is 26.2. The Labute approximate surface area is 207 Å². The van der Waals surface area contributed by atoms with E-state index in [1.807, 2.05) is 0 Å². The number of pyridine rings is 1. The van der Waals surface area contributed by atoms with Crippen LogP contribution in [-0.2, 0) is 16.3 Å². The molecule has 0 aliphatic carbocycles. The van der Waals surface area contributed by atoms with Crippen molar-refractivity contribution in [3.05, 3.63) is 77.6 Å². The Morgan fingerprint density at radius 3 is 2.28 bits per heavy atom. The zero-order valence-corrected chi connectivity index (χ0v) is 20.2. The summed E-state index contributed by atoms with van der Waals surface area (Å²) >= 11 is 0. The van der Waals surface area contributed by atoms with Gasteiger partial charge in [-0.3, -0.25) is 9.59 Å². The molecule has 2 amide bonds. The van der Waals surface area contributed by atoms with Crippen LogP contribution in [0.3, 0.4) is 0 Å². The van der Waals surface area contributed by atoms with Crippen molar-refractivity contribution in [2.24, 2.45) is 0 Å². The lowest BCUT2D eigenvalue weighted by Gasteiger charge is -2.11. The molecule has 3 N–H and O–H groups in total. The van der Waals surface area contributed by atoms with Crippen molar-refractivity contribution in [1.82, 2.24) is 10.3 Å². The molecule has 0 atom stereocenters. The second-order valence-corrected chi connectivity index (χ2v) is 9.22. The van der Waals surface area contributed by atoms with Crippen molar-refractivity contribution in [3.8, 4) is 11.5 Å². The van der Waals surface area contributed by atoms with Crippen LogP contribution in [0, 0.1) is 0 Å². The van der Waals surface area contributed by atoms with E-state index in [9.17, 15) is 22.8 Å². The van der Waals surface area contributed by atoms with Gasteiger partial charge in [0.1, 0.15) is 17.2 Å². The number of aromatic carboxylic acids is 1. The fourth-order valence-electron chi connectivity index (χ4n) is 3.13. The molecule has 3 aromatic rings. The lowest BCUT2D eigenvalue weighted by Crippen LogP contribution is -2.26. The summed E-state index contributed by atoms with van der Waals surface area (Å²) in [5, 5.41) is 12.5. The molecule has 3 rings (SSSR count). The summed E-state index contributed by atoms with van der Waals surface area (Å²) in [5.74, 6) is -0.697. The number of hydrogen-bond acceptors (Lipinski definition) is 8. The van der Waals surface area contributed by atoms with E-state index in [1.54, 1.807) is 30.3 Å². The van der Waals surface area contributed by atoms with Crippen LogP contribution in [0.2, 0.25) is 0 Å². The number of nitrogens with one attached hydrogen (secondary N) is 2. The Balaban J connectivity index is 1.59. The minimum atomic E-state index is -4.35. The Kier molecular flexibility index (Phi) is 8.22. The van der Waals surface area contributed by atoms with Gasteiger partial charge in [0.25, 0.3) is 15.7 Å². The third-order valence-electron chi connectivity index (χ3n) is 5.06. The molecule has 0 spiro atoms. The van der Waals surface area contributed by atoms with Crippen LogP contribution in [-0.4, -0.2) is 56.4 Å². The van der Waals surface area contributed by atoms with E-state index in [1.165, 1.54) is 32.4 Å². The molecular weight excluding hydrogens is 490 g/mol. The maximum absolute atomic E-state index is 12.6. The molecule has 0 saturated carbocycles. The number of ether oxygens (including phenoxy) is 2. The number of carboxylic acids is 1. The van der Waals surface area contributed by atoms with Crippen LogP contribution in [0.1, 0.15) is 26.4 Å². The SMILES string of the molecule is COc1ccc(OC)c(C(=O)NCCc2ccc(S(=O)(=O)C(=O)Nc3ccc(C(=O)O)nc3)cc2)c1. The van der Waals surface area contributed by atoms with E-state index in [-0.39, 0.29) is 28.7 Å². The fourth-order valence-corrected chi connectivity index (χ4v) is 4.09. The van der Waals surface area contributed by atoms with Crippen molar-refractivity contribution < 1.29 is 37.4 Å². The van der Waals surface area contributed by atoms with Crippen LogP contribution >= 0.6 is 0 Å². The molecule has 11 nitrogen and oxygen atoms in total. The Morgan fingerprint density at radius 2 is 1.69 bits per heavy atom. The minimum absolute atomic E-state index is 0.0357. The van der Waals surface area contributed by atoms with Crippen LogP contribution in [0.5, 0.6) is 11.5 Å². The predicted molar refractivity (Wildman–Crippen MR) is 129 cm³/mol. The molecule has 12 heteroatoms. The highest BCUT2D eigenvalue weighted by molar-refractivity contribution is 8.06. The molecule has 1 aromatic heterocycles. The Hall–Kier alpha value is -4.45. The van der Waals surface area contributed by atoms with Crippen LogP contribution < -0.4 is 20.1 Å². The van der Waals surface area contributed by atoms with Gasteiger partial charge in [-0.2, -0.15) is 0 Å². The number of hydrogen-bond donors (Lipinski definition) is 3. The lowest BCUT2D eigenvalue weighted by atomic mass is 10.1. The van der Waals surface area contributed by atoms with E-state index in [0.717, 1.165) is 17.8 Å². The molecule has 0 radical (unpaired) electrons. The van der Waals surface area contributed by atoms with Crippen molar-refractivity contribution in [1.29, 1.82) is 0 Å². The molecule has 0 aliphatic heterocycles. The number of sulfone groups is 1. The topological polar surface area (TPSA) is 161 Å². The van der Waals surface area contributed by atoms with Gasteiger partial charge in [-0.05, 0) is 54.4 Å². The zero-order chi connectivity index (χ0) is 26.3. The number of methoxy groups -OCH3 is 2. The smallest absolute Gasteiger partial charge is 0.354 e. The van der Waals surface area contributed by atoms with Gasteiger partial charge in [0.15, 0.2) is 0 Å². The number of carboxylic acid groups (broad SMARTS) is 1. The summed E-state index contributed by atoms with van der Waals surface area (Å²) in [6, 6.07) is 12.9. The van der Waals surface area contributed by atoms with Gasteiger partial charge < -0.3 is 25.2 Å².